The second kappa shape index (κ2) is 11.5. The molecule has 37 heavy (non-hydrogen) atoms. The van der Waals surface area contributed by atoms with Gasteiger partial charge in [-0.1, -0.05) is 67.4 Å². The van der Waals surface area contributed by atoms with Gasteiger partial charge in [-0.3, -0.25) is 0 Å². The van der Waals surface area contributed by atoms with Gasteiger partial charge in [0.25, 0.3) is 0 Å². The molecule has 0 spiro atoms. The van der Waals surface area contributed by atoms with E-state index in [1.54, 1.807) is 0 Å². The van der Waals surface area contributed by atoms with Crippen LogP contribution in [0.5, 0.6) is 5.75 Å². The quantitative estimate of drug-likeness (QED) is 0.277. The molecule has 1 aliphatic carbocycles. The first-order valence-electron chi connectivity index (χ1n) is 12.5. The Bertz CT molecular complexity index is 1440. The fourth-order valence-electron chi connectivity index (χ4n) is 4.56. The number of hydrogen-bond acceptors (Lipinski definition) is 6. The lowest BCUT2D eigenvalue weighted by atomic mass is 10.1. The van der Waals surface area contributed by atoms with Crippen molar-refractivity contribution in [2.24, 2.45) is 0 Å². The number of nitrogens with zero attached hydrogens (tertiary/aromatic N) is 2. The van der Waals surface area contributed by atoms with Crippen LogP contribution in [-0.4, -0.2) is 24.4 Å². The van der Waals surface area contributed by atoms with Gasteiger partial charge in [0.1, 0.15) is 24.5 Å². The van der Waals surface area contributed by atoms with Crippen molar-refractivity contribution in [1.82, 2.24) is 14.7 Å². The first kappa shape index (κ1) is 24.9. The Balaban J connectivity index is 1.29. The van der Waals surface area contributed by atoms with Gasteiger partial charge < -0.3 is 10.1 Å². The van der Waals surface area contributed by atoms with Crippen LogP contribution >= 0.6 is 0 Å². The molecule has 1 heterocycles. The maximum absolute atomic E-state index is 12.6. The van der Waals surface area contributed by atoms with Crippen molar-refractivity contribution in [3.05, 3.63) is 102 Å². The molecule has 0 amide bonds. The van der Waals surface area contributed by atoms with E-state index in [1.165, 1.54) is 6.33 Å². The van der Waals surface area contributed by atoms with E-state index < -0.39 is 10.0 Å². The van der Waals surface area contributed by atoms with Gasteiger partial charge in [-0.25, -0.2) is 23.1 Å². The topological polar surface area (TPSA) is 93.2 Å². The smallest absolute Gasteiger partial charge is 0.216 e. The number of aromatic nitrogens is 2. The van der Waals surface area contributed by atoms with Crippen LogP contribution in [0.25, 0.3) is 11.3 Å². The zero-order chi connectivity index (χ0) is 25.5. The summed E-state index contributed by atoms with van der Waals surface area (Å²) in [6.07, 6.45) is 5.49. The summed E-state index contributed by atoms with van der Waals surface area (Å²) < 4.78 is 34.2. The number of hydrogen-bond donors (Lipinski definition) is 2. The van der Waals surface area contributed by atoms with Crippen molar-refractivity contribution in [2.75, 3.05) is 5.32 Å². The molecular weight excluding hydrogens is 484 g/mol. The zero-order valence-corrected chi connectivity index (χ0v) is 21.3. The summed E-state index contributed by atoms with van der Waals surface area (Å²) in [5.41, 5.74) is 4.14. The highest BCUT2D eigenvalue weighted by Crippen LogP contribution is 2.30. The molecule has 7 nitrogen and oxygen atoms in total. The van der Waals surface area contributed by atoms with Crippen LogP contribution in [0.3, 0.4) is 0 Å². The van der Waals surface area contributed by atoms with Crippen LogP contribution in [0.15, 0.2) is 91.3 Å². The summed E-state index contributed by atoms with van der Waals surface area (Å²) in [6.45, 7) is 0.458. The van der Waals surface area contributed by atoms with E-state index >= 15 is 0 Å². The molecule has 5 rings (SSSR count). The van der Waals surface area contributed by atoms with Crippen LogP contribution in [0.1, 0.15) is 36.8 Å². The van der Waals surface area contributed by atoms with Crippen LogP contribution in [0.4, 0.5) is 11.5 Å². The van der Waals surface area contributed by atoms with Crippen LogP contribution in [0, 0.1) is 0 Å². The molecule has 0 aliphatic heterocycles. The molecule has 1 aliphatic rings. The minimum atomic E-state index is -3.40. The second-order valence-corrected chi connectivity index (χ2v) is 11.0. The van der Waals surface area contributed by atoms with Crippen LogP contribution in [-0.2, 0) is 22.4 Å². The monoisotopic (exact) mass is 514 g/mol. The molecular formula is C29H30N4O3S. The standard InChI is InChI=1S/C29H30N4O3S/c34-37(35,33-24-12-4-5-13-24)20-23-11-8-14-25(17-23)32-29-18-27(30-21-31-29)26-15-6-7-16-28(26)36-19-22-9-2-1-3-10-22/h1-3,6-11,14-18,21,24,33H,4-5,12-13,19-20H2,(H,30,31,32). The molecule has 2 N–H and O–H groups in total. The number of rotatable bonds is 10. The number of para-hydroxylation sites is 1. The Labute approximate surface area is 218 Å². The number of sulfonamides is 1. The van der Waals surface area contributed by atoms with Gasteiger partial charge in [0.05, 0.1) is 11.4 Å². The zero-order valence-electron chi connectivity index (χ0n) is 20.5. The van der Waals surface area contributed by atoms with Gasteiger partial charge in [-0.2, -0.15) is 0 Å². The maximum atomic E-state index is 12.6. The van der Waals surface area contributed by atoms with Crippen LogP contribution in [0.2, 0.25) is 0 Å². The lowest BCUT2D eigenvalue weighted by molar-refractivity contribution is 0.307. The van der Waals surface area contributed by atoms with E-state index in [9.17, 15) is 8.42 Å². The fraction of sp³-hybridized carbons (Fsp3) is 0.241. The average molecular weight is 515 g/mol. The minimum absolute atomic E-state index is 0.0554. The van der Waals surface area contributed by atoms with Crippen molar-refractivity contribution in [1.29, 1.82) is 0 Å². The first-order chi connectivity index (χ1) is 18.0. The third kappa shape index (κ3) is 6.93. The summed E-state index contributed by atoms with van der Waals surface area (Å²) in [7, 11) is -3.40. The normalized spacial score (nSPS) is 13.9. The first-order valence-corrected chi connectivity index (χ1v) is 14.1. The number of benzene rings is 3. The molecule has 0 bridgehead atoms. The highest BCUT2D eigenvalue weighted by atomic mass is 32.2. The lowest BCUT2D eigenvalue weighted by Gasteiger charge is -2.14. The Morgan fingerprint density at radius 1 is 0.838 bits per heavy atom. The molecule has 0 saturated heterocycles. The van der Waals surface area contributed by atoms with Crippen molar-refractivity contribution < 1.29 is 13.2 Å². The molecule has 190 valence electrons. The third-order valence-corrected chi connectivity index (χ3v) is 7.73. The predicted molar refractivity (Wildman–Crippen MR) is 146 cm³/mol. The summed E-state index contributed by atoms with van der Waals surface area (Å²) in [4.78, 5) is 8.83. The van der Waals surface area contributed by atoms with Crippen molar-refractivity contribution in [2.45, 2.75) is 44.1 Å². The third-order valence-electron chi connectivity index (χ3n) is 6.32. The molecule has 8 heteroatoms. The van der Waals surface area contributed by atoms with Crippen LogP contribution < -0.4 is 14.8 Å². The van der Waals surface area contributed by atoms with E-state index in [4.69, 9.17) is 4.74 Å². The van der Waals surface area contributed by atoms with E-state index in [0.717, 1.165) is 53.9 Å². The number of anilines is 2. The minimum Gasteiger partial charge on any atom is -0.488 e. The molecule has 1 fully saturated rings. The average Bonchev–Trinajstić information content (AvgIpc) is 3.40. The summed E-state index contributed by atoms with van der Waals surface area (Å²) in [5, 5.41) is 3.28. The predicted octanol–water partition coefficient (Wildman–Crippen LogP) is 5.83. The summed E-state index contributed by atoms with van der Waals surface area (Å²) >= 11 is 0. The molecule has 1 saturated carbocycles. The fourth-order valence-corrected chi connectivity index (χ4v) is 6.00. The SMILES string of the molecule is O=S(=O)(Cc1cccc(Nc2cc(-c3ccccc3OCc3ccccc3)ncn2)c1)NC1CCCC1. The molecule has 0 atom stereocenters. The van der Waals surface area contributed by atoms with Gasteiger partial charge in [0, 0.05) is 23.4 Å². The van der Waals surface area contributed by atoms with Gasteiger partial charge in [0.15, 0.2) is 0 Å². The van der Waals surface area contributed by atoms with Crippen molar-refractivity contribution in [3.63, 3.8) is 0 Å². The highest BCUT2D eigenvalue weighted by molar-refractivity contribution is 7.88. The molecule has 4 aromatic rings. The molecule has 0 unspecified atom stereocenters. The highest BCUT2D eigenvalue weighted by Gasteiger charge is 2.21. The van der Waals surface area contributed by atoms with Gasteiger partial charge >= 0.3 is 0 Å². The Kier molecular flexibility index (Phi) is 7.77. The Hall–Kier alpha value is -3.75. The lowest BCUT2D eigenvalue weighted by Crippen LogP contribution is -2.33. The van der Waals surface area contributed by atoms with Gasteiger partial charge in [0.2, 0.25) is 10.0 Å². The largest absolute Gasteiger partial charge is 0.488 e. The molecule has 0 radical (unpaired) electrons. The number of ether oxygens (including phenoxy) is 1. The van der Waals surface area contributed by atoms with Crippen molar-refractivity contribution >= 4 is 21.5 Å². The Morgan fingerprint density at radius 2 is 1.59 bits per heavy atom. The van der Waals surface area contributed by atoms with Gasteiger partial charge in [-0.05, 0) is 48.2 Å². The van der Waals surface area contributed by atoms with Gasteiger partial charge in [-0.15, -0.1) is 0 Å². The molecule has 1 aromatic heterocycles. The Morgan fingerprint density at radius 3 is 2.43 bits per heavy atom. The summed E-state index contributed by atoms with van der Waals surface area (Å²) in [5.74, 6) is 1.28. The van der Waals surface area contributed by atoms with E-state index in [0.29, 0.717) is 18.0 Å². The molecule has 3 aromatic carbocycles. The summed E-state index contributed by atoms with van der Waals surface area (Å²) in [6, 6.07) is 27.1. The maximum Gasteiger partial charge on any atom is 0.216 e. The van der Waals surface area contributed by atoms with Crippen molar-refractivity contribution in [3.8, 4) is 17.0 Å². The van der Waals surface area contributed by atoms with E-state index in [2.05, 4.69) is 20.0 Å². The van der Waals surface area contributed by atoms with E-state index in [-0.39, 0.29) is 11.8 Å². The second-order valence-electron chi connectivity index (χ2n) is 9.24. The van der Waals surface area contributed by atoms with E-state index in [1.807, 2.05) is 84.9 Å². The number of nitrogens with one attached hydrogen (secondary N) is 2.